The summed E-state index contributed by atoms with van der Waals surface area (Å²) in [6, 6.07) is 4.47. The number of thiocarbonyl (C=S) groups is 1. The second kappa shape index (κ2) is 5.78. The lowest BCUT2D eigenvalue weighted by molar-refractivity contribution is -0.137. The van der Waals surface area contributed by atoms with Crippen molar-refractivity contribution in [1.29, 1.82) is 0 Å². The van der Waals surface area contributed by atoms with Crippen molar-refractivity contribution in [3.63, 3.8) is 0 Å². The molecule has 1 aliphatic carbocycles. The molecule has 1 fully saturated rings. The average Bonchev–Trinajstić information content (AvgIpc) is 2.33. The average molecular weight is 302 g/mol. The Morgan fingerprint density at radius 2 is 1.80 bits per heavy atom. The van der Waals surface area contributed by atoms with Crippen LogP contribution in [0.5, 0.6) is 0 Å². The van der Waals surface area contributed by atoms with E-state index in [1.54, 1.807) is 0 Å². The molecule has 0 heterocycles. The van der Waals surface area contributed by atoms with Crippen molar-refractivity contribution in [3.8, 4) is 0 Å². The Morgan fingerprint density at radius 1 is 1.20 bits per heavy atom. The minimum Gasteiger partial charge on any atom is -0.369 e. The lowest BCUT2D eigenvalue weighted by Gasteiger charge is -2.27. The minimum atomic E-state index is -4.39. The van der Waals surface area contributed by atoms with Gasteiger partial charge < -0.3 is 10.6 Å². The summed E-state index contributed by atoms with van der Waals surface area (Å²) in [5.74, 6) is -0.508. The molecule has 0 atom stereocenters. The van der Waals surface area contributed by atoms with Gasteiger partial charge in [0.05, 0.1) is 5.56 Å². The molecule has 7 heteroatoms. The Bertz CT molecular complexity index is 509. The van der Waals surface area contributed by atoms with Crippen LogP contribution < -0.4 is 10.6 Å². The number of rotatable bonds is 2. The van der Waals surface area contributed by atoms with E-state index in [1.165, 1.54) is 12.1 Å². The summed E-state index contributed by atoms with van der Waals surface area (Å²) in [4.78, 5) is 11.8. The van der Waals surface area contributed by atoms with Crippen LogP contribution in [0.25, 0.3) is 0 Å². The standard InChI is InChI=1S/C13H13F3N2OS/c14-13(15,16)8-4-6-10(7-5-8)17-11(19)12(20)18-9-2-1-3-9/h4-7,9H,1-3H2,(H,17,19)(H,18,20). The summed E-state index contributed by atoms with van der Waals surface area (Å²) in [6.45, 7) is 0. The molecule has 0 spiro atoms. The van der Waals surface area contributed by atoms with Crippen molar-refractivity contribution in [3.05, 3.63) is 29.8 Å². The Balaban J connectivity index is 1.92. The van der Waals surface area contributed by atoms with Crippen molar-refractivity contribution in [1.82, 2.24) is 5.32 Å². The minimum absolute atomic E-state index is 0.0644. The number of halogens is 3. The van der Waals surface area contributed by atoms with Gasteiger partial charge in [-0.15, -0.1) is 0 Å². The normalized spacial score (nSPS) is 15.3. The van der Waals surface area contributed by atoms with Crippen LogP contribution in [0.4, 0.5) is 18.9 Å². The maximum atomic E-state index is 12.4. The number of benzene rings is 1. The predicted octanol–water partition coefficient (Wildman–Crippen LogP) is 3.11. The molecule has 0 bridgehead atoms. The SMILES string of the molecule is O=C(Nc1ccc(C(F)(F)F)cc1)C(=S)NC1CCC1. The molecule has 0 aliphatic heterocycles. The van der Waals surface area contributed by atoms with Crippen molar-refractivity contribution in [2.75, 3.05) is 5.32 Å². The van der Waals surface area contributed by atoms with Crippen LogP contribution in [0.3, 0.4) is 0 Å². The molecule has 2 rings (SSSR count). The molecule has 1 aromatic carbocycles. The second-order valence-corrected chi connectivity index (χ2v) is 5.04. The Labute approximate surface area is 119 Å². The van der Waals surface area contributed by atoms with E-state index < -0.39 is 17.6 Å². The molecule has 0 saturated heterocycles. The molecule has 1 aliphatic rings. The van der Waals surface area contributed by atoms with Gasteiger partial charge in [-0.2, -0.15) is 13.2 Å². The van der Waals surface area contributed by atoms with Crippen molar-refractivity contribution in [2.45, 2.75) is 31.5 Å². The van der Waals surface area contributed by atoms with E-state index in [0.717, 1.165) is 31.4 Å². The molecule has 1 aromatic rings. The van der Waals surface area contributed by atoms with Crippen LogP contribution in [0.1, 0.15) is 24.8 Å². The number of carbonyl (C=O) groups is 1. The highest BCUT2D eigenvalue weighted by Gasteiger charge is 2.30. The zero-order valence-corrected chi connectivity index (χ0v) is 11.3. The summed E-state index contributed by atoms with van der Waals surface area (Å²) in [6.07, 6.45) is -1.31. The summed E-state index contributed by atoms with van der Waals surface area (Å²) >= 11 is 4.93. The molecule has 20 heavy (non-hydrogen) atoms. The first kappa shape index (κ1) is 14.8. The van der Waals surface area contributed by atoms with E-state index in [2.05, 4.69) is 10.6 Å². The van der Waals surface area contributed by atoms with Gasteiger partial charge in [-0.3, -0.25) is 4.79 Å². The fraction of sp³-hybridized carbons (Fsp3) is 0.385. The third-order valence-corrected chi connectivity index (χ3v) is 3.42. The highest BCUT2D eigenvalue weighted by Crippen LogP contribution is 2.29. The highest BCUT2D eigenvalue weighted by molar-refractivity contribution is 7.82. The molecule has 1 amide bonds. The fourth-order valence-corrected chi connectivity index (χ4v) is 1.95. The smallest absolute Gasteiger partial charge is 0.369 e. The third kappa shape index (κ3) is 3.69. The van der Waals surface area contributed by atoms with Gasteiger partial charge in [-0.1, -0.05) is 12.2 Å². The van der Waals surface area contributed by atoms with E-state index in [-0.39, 0.29) is 16.7 Å². The van der Waals surface area contributed by atoms with Gasteiger partial charge in [0, 0.05) is 11.7 Å². The molecule has 0 aromatic heterocycles. The van der Waals surface area contributed by atoms with Crippen LogP contribution in [-0.4, -0.2) is 16.9 Å². The summed E-state index contributed by atoms with van der Waals surface area (Å²) < 4.78 is 37.1. The van der Waals surface area contributed by atoms with Gasteiger partial charge in [0.2, 0.25) is 0 Å². The number of carbonyl (C=O) groups excluding carboxylic acids is 1. The lowest BCUT2D eigenvalue weighted by Crippen LogP contribution is -2.43. The van der Waals surface area contributed by atoms with Crippen LogP contribution in [0.15, 0.2) is 24.3 Å². The molecular weight excluding hydrogens is 289 g/mol. The highest BCUT2D eigenvalue weighted by atomic mass is 32.1. The quantitative estimate of drug-likeness (QED) is 0.825. The van der Waals surface area contributed by atoms with Crippen LogP contribution in [0, 0.1) is 0 Å². The van der Waals surface area contributed by atoms with Gasteiger partial charge >= 0.3 is 6.18 Å². The fourth-order valence-electron chi connectivity index (χ4n) is 1.73. The second-order valence-electron chi connectivity index (χ2n) is 4.63. The maximum absolute atomic E-state index is 12.4. The van der Waals surface area contributed by atoms with Crippen LogP contribution in [-0.2, 0) is 11.0 Å². The monoisotopic (exact) mass is 302 g/mol. The molecule has 0 unspecified atom stereocenters. The van der Waals surface area contributed by atoms with E-state index in [1.807, 2.05) is 0 Å². The van der Waals surface area contributed by atoms with Crippen molar-refractivity contribution in [2.24, 2.45) is 0 Å². The molecule has 2 N–H and O–H groups in total. The van der Waals surface area contributed by atoms with Gasteiger partial charge in [0.25, 0.3) is 5.91 Å². The predicted molar refractivity (Wildman–Crippen MR) is 73.4 cm³/mol. The van der Waals surface area contributed by atoms with Gasteiger partial charge in [0.15, 0.2) is 4.99 Å². The largest absolute Gasteiger partial charge is 0.416 e. The Morgan fingerprint density at radius 3 is 2.25 bits per heavy atom. The van der Waals surface area contributed by atoms with Crippen molar-refractivity contribution >= 4 is 28.8 Å². The first-order valence-electron chi connectivity index (χ1n) is 6.15. The topological polar surface area (TPSA) is 41.1 Å². The Kier molecular flexibility index (Phi) is 4.27. The summed E-state index contributed by atoms with van der Waals surface area (Å²) in [5, 5.41) is 5.38. The first-order chi connectivity index (χ1) is 9.36. The summed E-state index contributed by atoms with van der Waals surface area (Å²) in [5.41, 5.74) is -0.480. The summed E-state index contributed by atoms with van der Waals surface area (Å²) in [7, 11) is 0. The van der Waals surface area contributed by atoms with Gasteiger partial charge in [0.1, 0.15) is 0 Å². The van der Waals surface area contributed by atoms with Crippen molar-refractivity contribution < 1.29 is 18.0 Å². The third-order valence-electron chi connectivity index (χ3n) is 3.12. The van der Waals surface area contributed by atoms with Crippen LogP contribution in [0.2, 0.25) is 0 Å². The van der Waals surface area contributed by atoms with Gasteiger partial charge in [-0.25, -0.2) is 0 Å². The van der Waals surface area contributed by atoms with E-state index in [9.17, 15) is 18.0 Å². The van der Waals surface area contributed by atoms with Gasteiger partial charge in [-0.05, 0) is 43.5 Å². The molecule has 108 valence electrons. The van der Waals surface area contributed by atoms with Crippen LogP contribution >= 0.6 is 12.2 Å². The number of anilines is 1. The van der Waals surface area contributed by atoms with E-state index in [4.69, 9.17) is 12.2 Å². The van der Waals surface area contributed by atoms with E-state index in [0.29, 0.717) is 0 Å². The number of hydrogen-bond donors (Lipinski definition) is 2. The number of hydrogen-bond acceptors (Lipinski definition) is 2. The molecule has 3 nitrogen and oxygen atoms in total. The lowest BCUT2D eigenvalue weighted by atomic mass is 9.93. The number of amides is 1. The zero-order valence-electron chi connectivity index (χ0n) is 10.5. The number of nitrogens with one attached hydrogen (secondary N) is 2. The molecule has 0 radical (unpaired) electrons. The first-order valence-corrected chi connectivity index (χ1v) is 6.56. The Hall–Kier alpha value is -1.63. The zero-order chi connectivity index (χ0) is 14.8. The number of alkyl halides is 3. The molecular formula is C13H13F3N2OS. The van der Waals surface area contributed by atoms with E-state index >= 15 is 0 Å². The maximum Gasteiger partial charge on any atom is 0.416 e. The molecule has 1 saturated carbocycles.